The van der Waals surface area contributed by atoms with Crippen LogP contribution in [0.15, 0.2) is 66.4 Å². The number of aromatic nitrogens is 2. The maximum atomic E-state index is 12.7. The number of carbonyl (C=O) groups excluding carboxylic acids is 1. The molecule has 5 heteroatoms. The Morgan fingerprint density at radius 3 is 2.47 bits per heavy atom. The summed E-state index contributed by atoms with van der Waals surface area (Å²) in [5.41, 5.74) is 5.40. The van der Waals surface area contributed by atoms with E-state index < -0.39 is 5.41 Å². The largest absolute Gasteiger partial charge is 0.371 e. The summed E-state index contributed by atoms with van der Waals surface area (Å²) >= 11 is 0. The number of carbonyl (C=O) groups is 1. The summed E-state index contributed by atoms with van der Waals surface area (Å²) in [6, 6.07) is 18.7. The highest BCUT2D eigenvalue weighted by molar-refractivity contribution is 6.00. The molecule has 0 saturated heterocycles. The molecule has 3 atom stereocenters. The molecule has 1 N–H and O–H groups in total. The molecule has 1 aromatic heterocycles. The second kappa shape index (κ2) is 7.49. The van der Waals surface area contributed by atoms with E-state index in [2.05, 4.69) is 53.5 Å². The number of hydrogen-bond donors (Lipinski definition) is 1. The fourth-order valence-corrected chi connectivity index (χ4v) is 5.63. The molecule has 32 heavy (non-hydrogen) atoms. The van der Waals surface area contributed by atoms with Crippen molar-refractivity contribution in [3.05, 3.63) is 89.0 Å². The zero-order valence-electron chi connectivity index (χ0n) is 18.6. The minimum absolute atomic E-state index is 0.0296. The second-order valence-electron chi connectivity index (χ2n) is 8.97. The molecule has 5 nitrogen and oxygen atoms in total. The average Bonchev–Trinajstić information content (AvgIpc) is 3.22. The number of ketones is 1. The molecule has 2 aromatic carbocycles. The van der Waals surface area contributed by atoms with Gasteiger partial charge >= 0.3 is 0 Å². The molecule has 3 aromatic rings. The zero-order valence-corrected chi connectivity index (χ0v) is 18.6. The molecule has 0 amide bonds. The van der Waals surface area contributed by atoms with Crippen LogP contribution in [0.1, 0.15) is 31.5 Å². The smallest absolute Gasteiger partial charge is 0.226 e. The van der Waals surface area contributed by atoms with Gasteiger partial charge in [-0.25, -0.2) is 9.53 Å². The number of anilines is 1. The Kier molecular flexibility index (Phi) is 4.74. The Hall–Kier alpha value is -3.65. The minimum atomic E-state index is -0.430. The first-order chi connectivity index (χ1) is 15.5. The lowest BCUT2D eigenvalue weighted by Crippen LogP contribution is -2.46. The van der Waals surface area contributed by atoms with E-state index in [0.717, 1.165) is 35.6 Å². The quantitative estimate of drug-likeness (QED) is 0.573. The average molecular weight is 423 g/mol. The van der Waals surface area contributed by atoms with Gasteiger partial charge in [-0.05, 0) is 42.0 Å². The Balaban J connectivity index is 1.67. The molecule has 0 spiro atoms. The van der Waals surface area contributed by atoms with Gasteiger partial charge in [0, 0.05) is 23.9 Å². The third kappa shape index (κ3) is 2.90. The van der Waals surface area contributed by atoms with Crippen molar-refractivity contribution in [2.24, 2.45) is 11.8 Å². The van der Waals surface area contributed by atoms with Gasteiger partial charge in [0.1, 0.15) is 0 Å². The zero-order chi connectivity index (χ0) is 22.5. The minimum Gasteiger partial charge on any atom is -0.371 e. The number of allylic oxidation sites excluding steroid dienone is 2. The molecule has 2 aliphatic carbocycles. The van der Waals surface area contributed by atoms with Crippen LogP contribution in [0.25, 0.3) is 21.7 Å². The van der Waals surface area contributed by atoms with E-state index >= 15 is 0 Å². The van der Waals surface area contributed by atoms with E-state index in [1.54, 1.807) is 0 Å². The molecule has 0 saturated carbocycles. The normalized spacial score (nSPS) is 24.2. The third-order valence-electron chi connectivity index (χ3n) is 7.25. The molecule has 160 valence electrons. The van der Waals surface area contributed by atoms with Crippen LogP contribution < -0.4 is 5.32 Å². The van der Waals surface area contributed by atoms with Crippen LogP contribution in [0, 0.1) is 18.4 Å². The highest BCUT2D eigenvalue weighted by Gasteiger charge is 2.50. The van der Waals surface area contributed by atoms with Gasteiger partial charge in [-0.15, -0.1) is 5.10 Å². The maximum Gasteiger partial charge on any atom is 0.226 e. The van der Waals surface area contributed by atoms with Crippen LogP contribution in [0.4, 0.5) is 5.82 Å². The van der Waals surface area contributed by atoms with Crippen molar-refractivity contribution in [3.8, 4) is 16.8 Å². The fraction of sp³-hybridized carbons (Fsp3) is 0.296. The van der Waals surface area contributed by atoms with Crippen molar-refractivity contribution in [1.82, 2.24) is 9.78 Å². The first kappa shape index (κ1) is 20.3. The van der Waals surface area contributed by atoms with E-state index in [1.165, 1.54) is 11.1 Å². The van der Waals surface area contributed by atoms with Gasteiger partial charge in [-0.2, -0.15) is 0 Å². The molecular formula is C27H26N4O. The van der Waals surface area contributed by atoms with Gasteiger partial charge < -0.3 is 10.1 Å². The predicted molar refractivity (Wildman–Crippen MR) is 127 cm³/mol. The molecule has 0 radical (unpaired) electrons. The molecule has 0 fully saturated rings. The van der Waals surface area contributed by atoms with Gasteiger partial charge in [0.05, 0.1) is 18.0 Å². The van der Waals surface area contributed by atoms with E-state index in [1.807, 2.05) is 42.9 Å². The predicted octanol–water partition coefficient (Wildman–Crippen LogP) is 5.42. The first-order valence-corrected chi connectivity index (χ1v) is 11.1. The van der Waals surface area contributed by atoms with Crippen LogP contribution in [0.3, 0.4) is 0 Å². The monoisotopic (exact) mass is 422 g/mol. The summed E-state index contributed by atoms with van der Waals surface area (Å²) < 4.78 is 2.02. The standard InChI is InChI=1S/C27H26N4O/c1-17-22-15-14-21-25(27(22,2)16-23(28-3)24(17)32)31(30-26(21)29-4)20-12-10-19(11-13-20)18-8-6-5-7-9-18/h5-13,16-17,22H,14-15H2,1-2,4H3,(H,29,30)/t17-,22-,27-/m1/s1. The lowest BCUT2D eigenvalue weighted by molar-refractivity contribution is -0.121. The van der Waals surface area contributed by atoms with Gasteiger partial charge in [0.2, 0.25) is 5.70 Å². The van der Waals surface area contributed by atoms with Crippen LogP contribution in [0.5, 0.6) is 0 Å². The van der Waals surface area contributed by atoms with E-state index in [0.29, 0.717) is 0 Å². The molecule has 0 bridgehead atoms. The lowest BCUT2D eigenvalue weighted by atomic mass is 9.58. The van der Waals surface area contributed by atoms with Gasteiger partial charge in [-0.1, -0.05) is 62.4 Å². The fourth-order valence-electron chi connectivity index (χ4n) is 5.63. The highest BCUT2D eigenvalue weighted by atomic mass is 16.1. The molecule has 0 aliphatic heterocycles. The number of nitrogens with zero attached hydrogens (tertiary/aromatic N) is 3. The van der Waals surface area contributed by atoms with Crippen molar-refractivity contribution in [2.75, 3.05) is 12.4 Å². The van der Waals surface area contributed by atoms with Crippen molar-refractivity contribution < 1.29 is 4.79 Å². The lowest BCUT2D eigenvalue weighted by Gasteiger charge is -2.45. The number of nitrogens with one attached hydrogen (secondary N) is 1. The molecule has 0 unspecified atom stereocenters. The number of benzene rings is 2. The SMILES string of the molecule is [C-]#[N+]C1=C[C@@]2(C)c3c(c(NC)nn3-c3ccc(-c4ccccc4)cc3)CC[C@@H]2[C@@H](C)C1=O. The Labute approximate surface area is 188 Å². The maximum absolute atomic E-state index is 12.7. The number of rotatable bonds is 3. The number of hydrogen-bond acceptors (Lipinski definition) is 3. The van der Waals surface area contributed by atoms with Gasteiger partial charge in [0.25, 0.3) is 0 Å². The molecular weight excluding hydrogens is 396 g/mol. The Bertz CT molecular complexity index is 1260. The number of fused-ring (bicyclic) bond motifs is 3. The van der Waals surface area contributed by atoms with Crippen molar-refractivity contribution in [3.63, 3.8) is 0 Å². The summed E-state index contributed by atoms with van der Waals surface area (Å²) in [6.07, 6.45) is 3.68. The van der Waals surface area contributed by atoms with Gasteiger partial charge in [-0.3, -0.25) is 0 Å². The Morgan fingerprint density at radius 1 is 1.12 bits per heavy atom. The van der Waals surface area contributed by atoms with Crippen molar-refractivity contribution in [2.45, 2.75) is 32.1 Å². The number of Topliss-reactive ketones (excluding diaryl/α,β-unsaturated/α-hetero) is 1. The van der Waals surface area contributed by atoms with Crippen LogP contribution in [0.2, 0.25) is 0 Å². The summed E-state index contributed by atoms with van der Waals surface area (Å²) in [6.45, 7) is 11.7. The Morgan fingerprint density at radius 2 is 1.81 bits per heavy atom. The summed E-state index contributed by atoms with van der Waals surface area (Å²) in [7, 11) is 1.90. The summed E-state index contributed by atoms with van der Waals surface area (Å²) in [4.78, 5) is 16.3. The molecule has 1 heterocycles. The topological polar surface area (TPSA) is 51.3 Å². The van der Waals surface area contributed by atoms with Crippen LogP contribution in [-0.2, 0) is 16.6 Å². The van der Waals surface area contributed by atoms with Crippen LogP contribution in [-0.4, -0.2) is 22.6 Å². The first-order valence-electron chi connectivity index (χ1n) is 11.1. The van der Waals surface area contributed by atoms with Gasteiger partial charge in [0.15, 0.2) is 11.6 Å². The molecule has 5 rings (SSSR count). The summed E-state index contributed by atoms with van der Waals surface area (Å²) in [5, 5.41) is 8.19. The molecule has 2 aliphatic rings. The summed E-state index contributed by atoms with van der Waals surface area (Å²) in [5.74, 6) is 0.813. The van der Waals surface area contributed by atoms with E-state index in [4.69, 9.17) is 11.7 Å². The van der Waals surface area contributed by atoms with Crippen molar-refractivity contribution in [1.29, 1.82) is 0 Å². The van der Waals surface area contributed by atoms with E-state index in [9.17, 15) is 4.79 Å². The van der Waals surface area contributed by atoms with E-state index in [-0.39, 0.29) is 23.3 Å². The third-order valence-corrected chi connectivity index (χ3v) is 7.25. The van der Waals surface area contributed by atoms with Crippen molar-refractivity contribution >= 4 is 11.6 Å². The second-order valence-corrected chi connectivity index (χ2v) is 8.97. The van der Waals surface area contributed by atoms with Crippen LogP contribution >= 0.6 is 0 Å². The highest BCUT2D eigenvalue weighted by Crippen LogP contribution is 2.51.